The molecular formula is C19H25N3O4S. The number of benzene rings is 2. The third-order valence-corrected chi connectivity index (χ3v) is 5.18. The fourth-order valence-electron chi connectivity index (χ4n) is 2.33. The van der Waals surface area contributed by atoms with E-state index in [4.69, 9.17) is 4.74 Å². The molecule has 146 valence electrons. The maximum absolute atomic E-state index is 12.5. The first kappa shape index (κ1) is 21.0. The van der Waals surface area contributed by atoms with Crippen LogP contribution in [0.5, 0.6) is 0 Å². The predicted octanol–water partition coefficient (Wildman–Crippen LogP) is 1.13. The number of hydrogen-bond donors (Lipinski definition) is 3. The van der Waals surface area contributed by atoms with Crippen molar-refractivity contribution in [2.24, 2.45) is 0 Å². The van der Waals surface area contributed by atoms with Crippen LogP contribution in [0.2, 0.25) is 0 Å². The molecule has 0 aliphatic heterocycles. The van der Waals surface area contributed by atoms with E-state index < -0.39 is 10.0 Å². The monoisotopic (exact) mass is 391 g/mol. The first-order valence-corrected chi connectivity index (χ1v) is 10.1. The van der Waals surface area contributed by atoms with E-state index >= 15 is 0 Å². The first-order valence-electron chi connectivity index (χ1n) is 8.64. The van der Waals surface area contributed by atoms with E-state index in [1.165, 1.54) is 12.1 Å². The molecule has 0 aliphatic carbocycles. The van der Waals surface area contributed by atoms with Crippen LogP contribution in [0.15, 0.2) is 59.5 Å². The number of amides is 1. The third kappa shape index (κ3) is 7.10. The molecule has 8 heteroatoms. The molecule has 2 aromatic rings. The van der Waals surface area contributed by atoms with Gasteiger partial charge in [0.25, 0.3) is 5.91 Å². The molecule has 0 atom stereocenters. The zero-order valence-electron chi connectivity index (χ0n) is 15.3. The largest absolute Gasteiger partial charge is 0.383 e. The lowest BCUT2D eigenvalue weighted by Crippen LogP contribution is -2.33. The standard InChI is InChI=1S/C19H25N3O4S/c1-26-13-12-20-10-11-21-19(23)17-8-5-9-18(14-17)27(24,25)22-15-16-6-3-2-4-7-16/h2-9,14,20,22H,10-13,15H2,1H3,(H,21,23). The van der Waals surface area contributed by atoms with Gasteiger partial charge in [0.05, 0.1) is 11.5 Å². The normalized spacial score (nSPS) is 11.3. The summed E-state index contributed by atoms with van der Waals surface area (Å²) in [4.78, 5) is 12.3. The molecule has 2 aromatic carbocycles. The summed E-state index contributed by atoms with van der Waals surface area (Å²) in [6.45, 7) is 2.53. The van der Waals surface area contributed by atoms with E-state index in [0.717, 1.165) is 5.56 Å². The Labute approximate surface area is 160 Å². The SMILES string of the molecule is COCCNCCNC(=O)c1cccc(S(=O)(=O)NCc2ccccc2)c1. The highest BCUT2D eigenvalue weighted by Gasteiger charge is 2.16. The number of sulfonamides is 1. The van der Waals surface area contributed by atoms with Crippen LogP contribution in [-0.2, 0) is 21.3 Å². The number of methoxy groups -OCH3 is 1. The summed E-state index contributed by atoms with van der Waals surface area (Å²) in [7, 11) is -2.08. The van der Waals surface area contributed by atoms with Gasteiger partial charge in [-0.1, -0.05) is 36.4 Å². The van der Waals surface area contributed by atoms with Crippen LogP contribution in [0.4, 0.5) is 0 Å². The van der Waals surface area contributed by atoms with Gasteiger partial charge in [0.15, 0.2) is 0 Å². The van der Waals surface area contributed by atoms with Gasteiger partial charge in [-0.3, -0.25) is 4.79 Å². The lowest BCUT2D eigenvalue weighted by Gasteiger charge is -2.09. The van der Waals surface area contributed by atoms with E-state index in [9.17, 15) is 13.2 Å². The van der Waals surface area contributed by atoms with Crippen molar-refractivity contribution in [3.05, 3.63) is 65.7 Å². The first-order chi connectivity index (χ1) is 13.0. The molecule has 27 heavy (non-hydrogen) atoms. The van der Waals surface area contributed by atoms with Crippen LogP contribution in [0.3, 0.4) is 0 Å². The lowest BCUT2D eigenvalue weighted by molar-refractivity contribution is 0.0953. The Bertz CT molecular complexity index is 826. The van der Waals surface area contributed by atoms with Gasteiger partial charge in [-0.25, -0.2) is 13.1 Å². The summed E-state index contributed by atoms with van der Waals surface area (Å²) in [5, 5.41) is 5.87. The van der Waals surface area contributed by atoms with Crippen LogP contribution in [0, 0.1) is 0 Å². The van der Waals surface area contributed by atoms with Gasteiger partial charge in [0.1, 0.15) is 0 Å². The Balaban J connectivity index is 1.92. The Morgan fingerprint density at radius 1 is 1.00 bits per heavy atom. The van der Waals surface area contributed by atoms with Crippen molar-refractivity contribution in [1.29, 1.82) is 0 Å². The molecule has 0 saturated heterocycles. The molecule has 0 spiro atoms. The van der Waals surface area contributed by atoms with Crippen LogP contribution < -0.4 is 15.4 Å². The molecule has 0 fully saturated rings. The molecule has 0 saturated carbocycles. The van der Waals surface area contributed by atoms with Gasteiger partial charge in [-0.15, -0.1) is 0 Å². The molecule has 0 bridgehead atoms. The average molecular weight is 391 g/mol. The van der Waals surface area contributed by atoms with E-state index in [0.29, 0.717) is 31.8 Å². The summed E-state index contributed by atoms with van der Waals surface area (Å²) in [5.41, 5.74) is 1.16. The van der Waals surface area contributed by atoms with Gasteiger partial charge in [0.2, 0.25) is 10.0 Å². The smallest absolute Gasteiger partial charge is 0.251 e. The number of carbonyl (C=O) groups is 1. The minimum atomic E-state index is -3.71. The van der Waals surface area contributed by atoms with Crippen molar-refractivity contribution in [2.45, 2.75) is 11.4 Å². The lowest BCUT2D eigenvalue weighted by atomic mass is 10.2. The Kier molecular flexibility index (Phi) is 8.41. The summed E-state index contributed by atoms with van der Waals surface area (Å²) < 4.78 is 32.4. The Hall–Kier alpha value is -2.26. The zero-order valence-corrected chi connectivity index (χ0v) is 16.1. The Morgan fingerprint density at radius 2 is 1.78 bits per heavy atom. The van der Waals surface area contributed by atoms with Crippen LogP contribution >= 0.6 is 0 Å². The number of rotatable bonds is 11. The summed E-state index contributed by atoms with van der Waals surface area (Å²) >= 11 is 0. The summed E-state index contributed by atoms with van der Waals surface area (Å²) in [6.07, 6.45) is 0. The molecule has 0 aromatic heterocycles. The van der Waals surface area contributed by atoms with E-state index in [2.05, 4.69) is 15.4 Å². The van der Waals surface area contributed by atoms with Gasteiger partial charge in [0, 0.05) is 38.9 Å². The number of carbonyl (C=O) groups excluding carboxylic acids is 1. The van der Waals surface area contributed by atoms with E-state index in [1.54, 1.807) is 19.2 Å². The minimum absolute atomic E-state index is 0.0595. The van der Waals surface area contributed by atoms with Crippen LogP contribution in [-0.4, -0.2) is 47.7 Å². The second-order valence-electron chi connectivity index (χ2n) is 5.84. The van der Waals surface area contributed by atoms with E-state index in [1.807, 2.05) is 30.3 Å². The minimum Gasteiger partial charge on any atom is -0.383 e. The second-order valence-corrected chi connectivity index (χ2v) is 7.60. The quantitative estimate of drug-likeness (QED) is 0.499. The van der Waals surface area contributed by atoms with Gasteiger partial charge < -0.3 is 15.4 Å². The van der Waals surface area contributed by atoms with Crippen molar-refractivity contribution in [3.63, 3.8) is 0 Å². The number of ether oxygens (including phenoxy) is 1. The summed E-state index contributed by atoms with van der Waals surface area (Å²) in [5.74, 6) is -0.316. The van der Waals surface area contributed by atoms with Gasteiger partial charge in [-0.2, -0.15) is 0 Å². The molecule has 1 amide bonds. The highest BCUT2D eigenvalue weighted by Crippen LogP contribution is 2.12. The number of nitrogens with one attached hydrogen (secondary N) is 3. The van der Waals surface area contributed by atoms with E-state index in [-0.39, 0.29) is 17.3 Å². The molecule has 0 aliphatic rings. The molecule has 7 nitrogen and oxygen atoms in total. The highest BCUT2D eigenvalue weighted by atomic mass is 32.2. The van der Waals surface area contributed by atoms with Crippen molar-refractivity contribution in [1.82, 2.24) is 15.4 Å². The van der Waals surface area contributed by atoms with Crippen LogP contribution in [0.1, 0.15) is 15.9 Å². The van der Waals surface area contributed by atoms with Crippen molar-refractivity contribution >= 4 is 15.9 Å². The predicted molar refractivity (Wildman–Crippen MR) is 104 cm³/mol. The molecule has 3 N–H and O–H groups in total. The fraction of sp³-hybridized carbons (Fsp3) is 0.316. The average Bonchev–Trinajstić information content (AvgIpc) is 2.70. The topological polar surface area (TPSA) is 96.5 Å². The summed E-state index contributed by atoms with van der Waals surface area (Å²) in [6, 6.07) is 15.2. The number of hydrogen-bond acceptors (Lipinski definition) is 5. The maximum atomic E-state index is 12.5. The van der Waals surface area contributed by atoms with Gasteiger partial charge >= 0.3 is 0 Å². The molecule has 2 rings (SSSR count). The maximum Gasteiger partial charge on any atom is 0.251 e. The molecule has 0 heterocycles. The molecular weight excluding hydrogens is 366 g/mol. The van der Waals surface area contributed by atoms with Crippen molar-refractivity contribution < 1.29 is 17.9 Å². The van der Waals surface area contributed by atoms with Crippen molar-refractivity contribution in [3.8, 4) is 0 Å². The van der Waals surface area contributed by atoms with Crippen molar-refractivity contribution in [2.75, 3.05) is 33.4 Å². The van der Waals surface area contributed by atoms with Crippen LogP contribution in [0.25, 0.3) is 0 Å². The zero-order chi connectivity index (χ0) is 19.5. The fourth-order valence-corrected chi connectivity index (χ4v) is 3.39. The second kappa shape index (κ2) is 10.8. The molecule has 0 unspecified atom stereocenters. The Morgan fingerprint density at radius 3 is 2.52 bits per heavy atom. The molecule has 0 radical (unpaired) electrons. The van der Waals surface area contributed by atoms with Gasteiger partial charge in [-0.05, 0) is 23.8 Å². The highest BCUT2D eigenvalue weighted by molar-refractivity contribution is 7.89. The third-order valence-electron chi connectivity index (χ3n) is 3.79.